The third-order valence-corrected chi connectivity index (χ3v) is 5.62. The van der Waals surface area contributed by atoms with Gasteiger partial charge in [-0.05, 0) is 37.5 Å². The molecule has 0 radical (unpaired) electrons. The molecule has 1 unspecified atom stereocenters. The normalized spacial score (nSPS) is 12.7. The van der Waals surface area contributed by atoms with Crippen LogP contribution < -0.4 is 5.73 Å². The second kappa shape index (κ2) is 5.02. The van der Waals surface area contributed by atoms with Crippen LogP contribution in [0.1, 0.15) is 40.1 Å². The first-order valence-corrected chi connectivity index (χ1v) is 7.50. The van der Waals surface area contributed by atoms with Crippen LogP contribution in [0.4, 0.5) is 5.13 Å². The summed E-state index contributed by atoms with van der Waals surface area (Å²) in [5.74, 6) is 0.338. The highest BCUT2D eigenvalue weighted by molar-refractivity contribution is 9.10. The van der Waals surface area contributed by atoms with Gasteiger partial charge in [-0.3, -0.25) is 0 Å². The smallest absolute Gasteiger partial charge is 0.180 e. The molecule has 0 aliphatic rings. The Balaban J connectivity index is 2.46. The van der Waals surface area contributed by atoms with E-state index in [0.29, 0.717) is 11.0 Å². The molecular weight excluding hydrogens is 308 g/mol. The number of aryl methyl sites for hydroxylation is 3. The van der Waals surface area contributed by atoms with E-state index in [-0.39, 0.29) is 0 Å². The van der Waals surface area contributed by atoms with E-state index in [1.807, 2.05) is 6.92 Å². The lowest BCUT2D eigenvalue weighted by molar-refractivity contribution is 0.921. The minimum atomic E-state index is 0.338. The van der Waals surface area contributed by atoms with Gasteiger partial charge in [0.25, 0.3) is 0 Å². The first-order chi connectivity index (χ1) is 8.40. The molecule has 2 rings (SSSR count). The largest absolute Gasteiger partial charge is 0.375 e. The SMILES string of the molecule is Cc1cc(C(C)c2sc(N)nc2C)cc(C)c1Br. The molecule has 1 aromatic carbocycles. The topological polar surface area (TPSA) is 38.9 Å². The number of nitrogens with zero attached hydrogens (tertiary/aromatic N) is 1. The molecule has 0 saturated heterocycles. The van der Waals surface area contributed by atoms with Gasteiger partial charge >= 0.3 is 0 Å². The Morgan fingerprint density at radius 1 is 1.22 bits per heavy atom. The maximum Gasteiger partial charge on any atom is 0.180 e. The lowest BCUT2D eigenvalue weighted by Gasteiger charge is -2.14. The molecule has 0 spiro atoms. The van der Waals surface area contributed by atoms with E-state index in [0.717, 1.165) is 5.69 Å². The first-order valence-electron chi connectivity index (χ1n) is 5.89. The molecule has 0 bridgehead atoms. The summed E-state index contributed by atoms with van der Waals surface area (Å²) in [4.78, 5) is 5.57. The van der Waals surface area contributed by atoms with Crippen LogP contribution in [-0.2, 0) is 0 Å². The van der Waals surface area contributed by atoms with Gasteiger partial charge in [-0.1, -0.05) is 35.0 Å². The summed E-state index contributed by atoms with van der Waals surface area (Å²) in [6.45, 7) is 8.49. The molecule has 1 atom stereocenters. The Hall–Kier alpha value is -0.870. The summed E-state index contributed by atoms with van der Waals surface area (Å²) in [5.41, 5.74) is 10.7. The third-order valence-electron chi connectivity index (χ3n) is 3.20. The number of aromatic nitrogens is 1. The molecule has 18 heavy (non-hydrogen) atoms. The lowest BCUT2D eigenvalue weighted by atomic mass is 9.95. The van der Waals surface area contributed by atoms with Gasteiger partial charge in [-0.25, -0.2) is 4.98 Å². The van der Waals surface area contributed by atoms with Crippen molar-refractivity contribution in [3.05, 3.63) is 43.9 Å². The average Bonchev–Trinajstić information content (AvgIpc) is 2.63. The van der Waals surface area contributed by atoms with Crippen molar-refractivity contribution >= 4 is 32.4 Å². The second-order valence-corrected chi connectivity index (χ2v) is 6.55. The fourth-order valence-corrected chi connectivity index (χ4v) is 3.36. The zero-order valence-corrected chi connectivity index (χ0v) is 13.4. The summed E-state index contributed by atoms with van der Waals surface area (Å²) in [7, 11) is 0. The van der Waals surface area contributed by atoms with Crippen LogP contribution >= 0.6 is 27.3 Å². The van der Waals surface area contributed by atoms with Gasteiger partial charge in [0, 0.05) is 15.3 Å². The molecule has 0 amide bonds. The van der Waals surface area contributed by atoms with Crippen molar-refractivity contribution in [2.75, 3.05) is 5.73 Å². The van der Waals surface area contributed by atoms with Gasteiger partial charge < -0.3 is 5.73 Å². The molecule has 1 aromatic heterocycles. The van der Waals surface area contributed by atoms with E-state index < -0.39 is 0 Å². The molecule has 0 aliphatic carbocycles. The Kier molecular flexibility index (Phi) is 3.78. The lowest BCUT2D eigenvalue weighted by Crippen LogP contribution is -1.98. The molecule has 0 fully saturated rings. The summed E-state index contributed by atoms with van der Waals surface area (Å²) < 4.78 is 1.19. The molecule has 4 heteroatoms. The van der Waals surface area contributed by atoms with Gasteiger partial charge in [0.15, 0.2) is 5.13 Å². The van der Waals surface area contributed by atoms with Gasteiger partial charge in [-0.2, -0.15) is 0 Å². The molecule has 2 N–H and O–H groups in total. The van der Waals surface area contributed by atoms with E-state index in [1.54, 1.807) is 11.3 Å². The maximum atomic E-state index is 5.78. The van der Waals surface area contributed by atoms with Crippen LogP contribution in [0.5, 0.6) is 0 Å². The molecule has 1 heterocycles. The minimum Gasteiger partial charge on any atom is -0.375 e. The molecule has 0 saturated carbocycles. The number of nitrogen functional groups attached to an aromatic ring is 1. The van der Waals surface area contributed by atoms with Gasteiger partial charge in [-0.15, -0.1) is 11.3 Å². The Labute approximate surface area is 120 Å². The predicted octanol–water partition coefficient (Wildman–Crippen LogP) is 4.56. The summed E-state index contributed by atoms with van der Waals surface area (Å²) in [6, 6.07) is 4.47. The zero-order valence-electron chi connectivity index (χ0n) is 11.0. The van der Waals surface area contributed by atoms with Crippen LogP contribution in [0, 0.1) is 20.8 Å². The monoisotopic (exact) mass is 324 g/mol. The molecule has 2 nitrogen and oxygen atoms in total. The number of hydrogen-bond donors (Lipinski definition) is 1. The summed E-state index contributed by atoms with van der Waals surface area (Å²) >= 11 is 5.20. The van der Waals surface area contributed by atoms with E-state index in [2.05, 4.69) is 53.8 Å². The average molecular weight is 325 g/mol. The van der Waals surface area contributed by atoms with Gasteiger partial charge in [0.05, 0.1) is 5.69 Å². The second-order valence-electron chi connectivity index (χ2n) is 4.69. The minimum absolute atomic E-state index is 0.338. The fourth-order valence-electron chi connectivity index (χ4n) is 2.21. The Bertz CT molecular complexity index is 566. The number of thiazole rings is 1. The van der Waals surface area contributed by atoms with Crippen molar-refractivity contribution in [2.24, 2.45) is 0 Å². The van der Waals surface area contributed by atoms with E-state index >= 15 is 0 Å². The highest BCUT2D eigenvalue weighted by Gasteiger charge is 2.16. The third kappa shape index (κ3) is 2.45. The van der Waals surface area contributed by atoms with Gasteiger partial charge in [0.1, 0.15) is 0 Å². The van der Waals surface area contributed by atoms with Crippen molar-refractivity contribution in [3.63, 3.8) is 0 Å². The molecular formula is C14H17BrN2S. The van der Waals surface area contributed by atoms with Gasteiger partial charge in [0.2, 0.25) is 0 Å². The van der Waals surface area contributed by atoms with E-state index in [4.69, 9.17) is 5.73 Å². The summed E-state index contributed by atoms with van der Waals surface area (Å²) in [6.07, 6.45) is 0. The number of halogens is 1. The van der Waals surface area contributed by atoms with Crippen molar-refractivity contribution in [1.29, 1.82) is 0 Å². The number of benzene rings is 1. The quantitative estimate of drug-likeness (QED) is 0.879. The molecule has 96 valence electrons. The highest BCUT2D eigenvalue weighted by atomic mass is 79.9. The van der Waals surface area contributed by atoms with E-state index in [9.17, 15) is 0 Å². The highest BCUT2D eigenvalue weighted by Crippen LogP contribution is 2.35. The van der Waals surface area contributed by atoms with Crippen molar-refractivity contribution in [1.82, 2.24) is 4.98 Å². The Morgan fingerprint density at radius 3 is 2.22 bits per heavy atom. The number of anilines is 1. The maximum absolute atomic E-state index is 5.78. The number of hydrogen-bond acceptors (Lipinski definition) is 3. The first kappa shape index (κ1) is 13.6. The van der Waals surface area contributed by atoms with Crippen LogP contribution in [0.2, 0.25) is 0 Å². The fraction of sp³-hybridized carbons (Fsp3) is 0.357. The summed E-state index contributed by atoms with van der Waals surface area (Å²) in [5, 5.41) is 0.653. The van der Waals surface area contributed by atoms with Crippen LogP contribution in [0.15, 0.2) is 16.6 Å². The van der Waals surface area contributed by atoms with Crippen molar-refractivity contribution in [2.45, 2.75) is 33.6 Å². The Morgan fingerprint density at radius 2 is 1.78 bits per heavy atom. The zero-order chi connectivity index (χ0) is 13.4. The van der Waals surface area contributed by atoms with E-state index in [1.165, 1.54) is 26.0 Å². The van der Waals surface area contributed by atoms with Crippen molar-refractivity contribution in [3.8, 4) is 0 Å². The molecule has 2 aromatic rings. The van der Waals surface area contributed by atoms with Crippen LogP contribution in [-0.4, -0.2) is 4.98 Å². The van der Waals surface area contributed by atoms with Crippen LogP contribution in [0.3, 0.4) is 0 Å². The van der Waals surface area contributed by atoms with Crippen molar-refractivity contribution < 1.29 is 0 Å². The predicted molar refractivity (Wildman–Crippen MR) is 82.4 cm³/mol. The molecule has 0 aliphatic heterocycles. The standard InChI is InChI=1S/C14H17BrN2S/c1-7-5-11(6-8(2)12(7)15)9(3)13-10(4)17-14(16)18-13/h5-6,9H,1-4H3,(H2,16,17). The number of nitrogens with two attached hydrogens (primary N) is 1. The number of rotatable bonds is 2. The van der Waals surface area contributed by atoms with Crippen LogP contribution in [0.25, 0.3) is 0 Å².